The highest BCUT2D eigenvalue weighted by molar-refractivity contribution is 5.89. The van der Waals surface area contributed by atoms with E-state index in [0.29, 0.717) is 0 Å². The second-order valence-electron chi connectivity index (χ2n) is 5.06. The van der Waals surface area contributed by atoms with Crippen molar-refractivity contribution in [1.29, 1.82) is 0 Å². The number of aryl methyl sites for hydroxylation is 1. The van der Waals surface area contributed by atoms with E-state index in [-0.39, 0.29) is 12.3 Å². The summed E-state index contributed by atoms with van der Waals surface area (Å²) < 4.78 is 27.4. The van der Waals surface area contributed by atoms with Crippen molar-refractivity contribution in [1.82, 2.24) is 9.47 Å². The Labute approximate surface area is 109 Å². The average molecular weight is 264 g/mol. The first-order chi connectivity index (χ1) is 8.96. The summed E-state index contributed by atoms with van der Waals surface area (Å²) in [5, 5.41) is 1.01. The van der Waals surface area contributed by atoms with Gasteiger partial charge in [0, 0.05) is 24.1 Å². The summed E-state index contributed by atoms with van der Waals surface area (Å²) in [6, 6.07) is 7.77. The average Bonchev–Trinajstić information content (AvgIpc) is 2.64. The van der Waals surface area contributed by atoms with Crippen LogP contribution in [0, 0.1) is 0 Å². The Bertz CT molecular complexity index is 640. The van der Waals surface area contributed by atoms with Gasteiger partial charge in [0.2, 0.25) is 5.91 Å². The predicted octanol–water partition coefficient (Wildman–Crippen LogP) is 2.20. The molecule has 5 heteroatoms. The lowest BCUT2D eigenvalue weighted by Crippen LogP contribution is -2.58. The smallest absolute Gasteiger partial charge is 0.282 e. The lowest BCUT2D eigenvalue weighted by molar-refractivity contribution is -0.165. The highest BCUT2D eigenvalue weighted by atomic mass is 19.3. The van der Waals surface area contributed by atoms with Gasteiger partial charge < -0.3 is 9.47 Å². The quantitative estimate of drug-likeness (QED) is 0.816. The molecule has 1 aliphatic rings. The van der Waals surface area contributed by atoms with Crippen LogP contribution in [0.1, 0.15) is 5.56 Å². The molecule has 3 rings (SSSR count). The number of benzene rings is 1. The maximum atomic E-state index is 12.7. The van der Waals surface area contributed by atoms with E-state index in [2.05, 4.69) is 0 Å². The molecular formula is C14H14F2N2O. The number of hydrogen-bond acceptors (Lipinski definition) is 1. The summed E-state index contributed by atoms with van der Waals surface area (Å²) in [5.41, 5.74) is 1.93. The Morgan fingerprint density at radius 1 is 1.32 bits per heavy atom. The maximum Gasteiger partial charge on any atom is 0.282 e. The second-order valence-corrected chi connectivity index (χ2v) is 5.06. The minimum atomic E-state index is -2.70. The van der Waals surface area contributed by atoms with Gasteiger partial charge in [0.25, 0.3) is 5.92 Å². The number of amides is 1. The molecule has 0 N–H and O–H groups in total. The molecule has 100 valence electrons. The topological polar surface area (TPSA) is 25.2 Å². The van der Waals surface area contributed by atoms with Crippen molar-refractivity contribution in [3.8, 4) is 0 Å². The van der Waals surface area contributed by atoms with Crippen molar-refractivity contribution in [2.24, 2.45) is 7.05 Å². The minimum Gasteiger partial charge on any atom is -0.350 e. The van der Waals surface area contributed by atoms with Crippen LogP contribution in [0.3, 0.4) is 0 Å². The third-order valence-corrected chi connectivity index (χ3v) is 3.52. The maximum absolute atomic E-state index is 12.7. The van der Waals surface area contributed by atoms with Crippen LogP contribution < -0.4 is 0 Å². The van der Waals surface area contributed by atoms with Crippen LogP contribution in [0.5, 0.6) is 0 Å². The molecule has 0 radical (unpaired) electrons. The van der Waals surface area contributed by atoms with Gasteiger partial charge >= 0.3 is 0 Å². The zero-order chi connectivity index (χ0) is 13.6. The fraction of sp³-hybridized carbons (Fsp3) is 0.357. The second kappa shape index (κ2) is 4.05. The number of aromatic nitrogens is 1. The lowest BCUT2D eigenvalue weighted by Gasteiger charge is -2.38. The molecule has 1 fully saturated rings. The van der Waals surface area contributed by atoms with Gasteiger partial charge in [-0.15, -0.1) is 0 Å². The predicted molar refractivity (Wildman–Crippen MR) is 68.2 cm³/mol. The van der Waals surface area contributed by atoms with Crippen molar-refractivity contribution < 1.29 is 13.6 Å². The number of halogens is 2. The number of likely N-dealkylation sites (tertiary alicyclic amines) is 1. The van der Waals surface area contributed by atoms with Crippen LogP contribution in [0.25, 0.3) is 10.9 Å². The standard InChI is InChI=1S/C14H14F2N2O/c1-17-7-10(11-4-2-3-5-12(11)17)6-13(19)18-8-14(15,16)9-18/h2-5,7H,6,8-9H2,1H3. The van der Waals surface area contributed by atoms with Crippen molar-refractivity contribution in [2.75, 3.05) is 13.1 Å². The van der Waals surface area contributed by atoms with Crippen LogP contribution in [-0.4, -0.2) is 34.4 Å². The normalized spacial score (nSPS) is 17.5. The van der Waals surface area contributed by atoms with E-state index in [4.69, 9.17) is 0 Å². The van der Waals surface area contributed by atoms with Crippen LogP contribution in [0.15, 0.2) is 30.5 Å². The van der Waals surface area contributed by atoms with Gasteiger partial charge in [0.15, 0.2) is 0 Å². The van der Waals surface area contributed by atoms with E-state index in [1.165, 1.54) is 4.90 Å². The lowest BCUT2D eigenvalue weighted by atomic mass is 10.1. The summed E-state index contributed by atoms with van der Waals surface area (Å²) in [7, 11) is 1.91. The summed E-state index contributed by atoms with van der Waals surface area (Å²) >= 11 is 0. The molecule has 3 nitrogen and oxygen atoms in total. The first kappa shape index (κ1) is 12.1. The van der Waals surface area contributed by atoms with Gasteiger partial charge in [0.1, 0.15) is 0 Å². The Hall–Kier alpha value is -1.91. The van der Waals surface area contributed by atoms with E-state index >= 15 is 0 Å². The molecule has 2 heterocycles. The van der Waals surface area contributed by atoms with Gasteiger partial charge in [-0.1, -0.05) is 18.2 Å². The molecule has 19 heavy (non-hydrogen) atoms. The summed E-state index contributed by atoms with van der Waals surface area (Å²) in [4.78, 5) is 13.1. The van der Waals surface area contributed by atoms with Crippen LogP contribution in [-0.2, 0) is 18.3 Å². The Morgan fingerprint density at radius 2 is 2.00 bits per heavy atom. The summed E-state index contributed by atoms with van der Waals surface area (Å²) in [6.07, 6.45) is 2.07. The Balaban J connectivity index is 1.81. The fourth-order valence-electron chi connectivity index (χ4n) is 2.53. The number of alkyl halides is 2. The summed E-state index contributed by atoms with van der Waals surface area (Å²) in [5.74, 6) is -2.93. The van der Waals surface area contributed by atoms with Gasteiger partial charge in [-0.2, -0.15) is 0 Å². The molecule has 1 aromatic carbocycles. The molecule has 0 unspecified atom stereocenters. The number of nitrogens with zero attached hydrogens (tertiary/aromatic N) is 2. The molecule has 0 aliphatic carbocycles. The van der Waals surface area contributed by atoms with Crippen molar-refractivity contribution in [3.63, 3.8) is 0 Å². The number of carbonyl (C=O) groups is 1. The first-order valence-corrected chi connectivity index (χ1v) is 6.15. The number of hydrogen-bond donors (Lipinski definition) is 0. The van der Waals surface area contributed by atoms with E-state index in [1.54, 1.807) is 0 Å². The van der Waals surface area contributed by atoms with Crippen LogP contribution in [0.2, 0.25) is 0 Å². The number of para-hydroxylation sites is 1. The molecule has 1 aromatic heterocycles. The van der Waals surface area contributed by atoms with Gasteiger partial charge in [-0.05, 0) is 11.6 Å². The van der Waals surface area contributed by atoms with E-state index in [1.807, 2.05) is 42.1 Å². The molecular weight excluding hydrogens is 250 g/mol. The van der Waals surface area contributed by atoms with E-state index in [9.17, 15) is 13.6 Å². The monoisotopic (exact) mass is 264 g/mol. The van der Waals surface area contributed by atoms with E-state index in [0.717, 1.165) is 16.5 Å². The molecule has 0 bridgehead atoms. The molecule has 0 atom stereocenters. The molecule has 1 saturated heterocycles. The third kappa shape index (κ3) is 2.09. The molecule has 1 amide bonds. The van der Waals surface area contributed by atoms with Crippen molar-refractivity contribution >= 4 is 16.8 Å². The zero-order valence-corrected chi connectivity index (χ0v) is 10.6. The van der Waals surface area contributed by atoms with Crippen LogP contribution in [0.4, 0.5) is 8.78 Å². The molecule has 0 saturated carbocycles. The third-order valence-electron chi connectivity index (χ3n) is 3.52. The largest absolute Gasteiger partial charge is 0.350 e. The zero-order valence-electron chi connectivity index (χ0n) is 10.6. The van der Waals surface area contributed by atoms with E-state index < -0.39 is 19.0 Å². The highest BCUT2D eigenvalue weighted by Crippen LogP contribution is 2.28. The number of rotatable bonds is 2. The van der Waals surface area contributed by atoms with Gasteiger partial charge in [0.05, 0.1) is 19.5 Å². The highest BCUT2D eigenvalue weighted by Gasteiger charge is 2.46. The van der Waals surface area contributed by atoms with Gasteiger partial charge in [-0.3, -0.25) is 4.79 Å². The van der Waals surface area contributed by atoms with Gasteiger partial charge in [-0.25, -0.2) is 8.78 Å². The van der Waals surface area contributed by atoms with Crippen molar-refractivity contribution in [2.45, 2.75) is 12.3 Å². The Kier molecular flexibility index (Phi) is 2.59. The fourth-order valence-corrected chi connectivity index (χ4v) is 2.53. The van der Waals surface area contributed by atoms with Crippen molar-refractivity contribution in [3.05, 3.63) is 36.0 Å². The summed E-state index contributed by atoms with van der Waals surface area (Å²) in [6.45, 7) is -0.896. The molecule has 0 spiro atoms. The number of carbonyl (C=O) groups excluding carboxylic acids is 1. The minimum absolute atomic E-state index is 0.178. The number of fused-ring (bicyclic) bond motifs is 1. The molecule has 1 aliphatic heterocycles. The first-order valence-electron chi connectivity index (χ1n) is 6.15. The SMILES string of the molecule is Cn1cc(CC(=O)N2CC(F)(F)C2)c2ccccc21. The van der Waals surface area contributed by atoms with Crippen LogP contribution >= 0.6 is 0 Å². The Morgan fingerprint density at radius 3 is 2.68 bits per heavy atom. The molecule has 2 aromatic rings.